The van der Waals surface area contributed by atoms with Crippen molar-refractivity contribution in [2.24, 2.45) is 0 Å². The predicted octanol–water partition coefficient (Wildman–Crippen LogP) is 3.99. The van der Waals surface area contributed by atoms with E-state index in [-0.39, 0.29) is 10.8 Å². The van der Waals surface area contributed by atoms with Crippen molar-refractivity contribution in [2.45, 2.75) is 38.5 Å². The van der Waals surface area contributed by atoms with E-state index in [2.05, 4.69) is 28.4 Å². The molecule has 112 valence electrons. The minimum atomic E-state index is -1.09. The molecule has 1 heterocycles. The maximum atomic E-state index is 12.2. The summed E-state index contributed by atoms with van der Waals surface area (Å²) in [6.45, 7) is 11.7. The van der Waals surface area contributed by atoms with Gasteiger partial charge in [-0.25, -0.2) is 0 Å². The van der Waals surface area contributed by atoms with Gasteiger partial charge in [-0.2, -0.15) is 0 Å². The molecule has 21 heavy (non-hydrogen) atoms. The van der Waals surface area contributed by atoms with Crippen LogP contribution in [0, 0.1) is 0 Å². The molecule has 0 spiro atoms. The molecule has 0 saturated heterocycles. The van der Waals surface area contributed by atoms with E-state index in [0.29, 0.717) is 0 Å². The number of fused-ring (bicyclic) bond motifs is 1. The van der Waals surface area contributed by atoms with Crippen LogP contribution in [0.15, 0.2) is 37.0 Å². The number of nitrogens with one attached hydrogen (secondary N) is 1. The van der Waals surface area contributed by atoms with Crippen LogP contribution in [-0.4, -0.2) is 14.3 Å². The molecule has 2 atom stereocenters. The molecule has 0 bridgehead atoms. The summed E-state index contributed by atoms with van der Waals surface area (Å²) in [5, 5.41) is 2.21. The molecule has 2 aromatic rings. The Kier molecular flexibility index (Phi) is 4.71. The second-order valence-electron chi connectivity index (χ2n) is 6.14. The lowest BCUT2D eigenvalue weighted by Gasteiger charge is -2.26. The molecule has 0 aliphatic carbocycles. The lowest BCUT2D eigenvalue weighted by atomic mass is 10.0. The van der Waals surface area contributed by atoms with Crippen molar-refractivity contribution in [3.63, 3.8) is 0 Å². The molecule has 0 aliphatic rings. The second-order valence-corrected chi connectivity index (χ2v) is 8.14. The number of rotatable bonds is 4. The van der Waals surface area contributed by atoms with E-state index < -0.39 is 11.4 Å². The molecule has 0 aliphatic heterocycles. The summed E-state index contributed by atoms with van der Waals surface area (Å²) in [4.78, 5) is 4.30. The Labute approximate surface area is 129 Å². The average molecular weight is 302 g/mol. The van der Waals surface area contributed by atoms with Crippen LogP contribution < -0.4 is 4.72 Å². The van der Waals surface area contributed by atoms with E-state index in [4.69, 9.17) is 0 Å². The van der Waals surface area contributed by atoms with Gasteiger partial charge in [0.1, 0.15) is 4.75 Å². The second kappa shape index (κ2) is 6.18. The summed E-state index contributed by atoms with van der Waals surface area (Å²) in [7, 11) is 0. The van der Waals surface area contributed by atoms with E-state index in [1.54, 1.807) is 6.08 Å². The van der Waals surface area contributed by atoms with Crippen molar-refractivity contribution < 1.29 is 4.55 Å². The third kappa shape index (κ3) is 3.84. The van der Waals surface area contributed by atoms with E-state index in [9.17, 15) is 4.55 Å². The van der Waals surface area contributed by atoms with Gasteiger partial charge in [0, 0.05) is 22.9 Å². The van der Waals surface area contributed by atoms with Crippen LogP contribution in [0.5, 0.6) is 0 Å². The summed E-state index contributed by atoms with van der Waals surface area (Å²) in [5.74, 6) is 0. The quantitative estimate of drug-likeness (QED) is 0.869. The highest BCUT2D eigenvalue weighted by atomic mass is 32.2. The molecule has 0 fully saturated rings. The highest BCUT2D eigenvalue weighted by molar-refractivity contribution is 7.90. The highest BCUT2D eigenvalue weighted by Crippen LogP contribution is 2.23. The molecule has 3 nitrogen and oxygen atoms in total. The Bertz CT molecular complexity index is 649. The van der Waals surface area contributed by atoms with Crippen molar-refractivity contribution in [2.75, 3.05) is 0 Å². The maximum absolute atomic E-state index is 12.2. The molecule has 1 unspecified atom stereocenters. The van der Waals surface area contributed by atoms with Crippen molar-refractivity contribution in [3.8, 4) is 0 Å². The van der Waals surface area contributed by atoms with Crippen LogP contribution in [-0.2, 0) is 11.4 Å². The molecule has 0 amide bonds. The number of aromatic nitrogens is 1. The lowest BCUT2D eigenvalue weighted by molar-refractivity contribution is 0.531. The van der Waals surface area contributed by atoms with Gasteiger partial charge in [-0.15, -0.1) is 4.72 Å². The van der Waals surface area contributed by atoms with Crippen LogP contribution in [0.1, 0.15) is 45.0 Å². The Balaban J connectivity index is 2.27. The van der Waals surface area contributed by atoms with E-state index in [0.717, 1.165) is 22.0 Å². The molecule has 1 aromatic carbocycles. The highest BCUT2D eigenvalue weighted by Gasteiger charge is 2.28. The number of nitrogens with zero attached hydrogens (tertiary/aromatic N) is 1. The smallest absolute Gasteiger partial charge is 0.136 e. The van der Waals surface area contributed by atoms with E-state index in [1.165, 1.54) is 0 Å². The van der Waals surface area contributed by atoms with Gasteiger partial charge in [-0.05, 0) is 56.9 Å². The first-order valence-corrected chi connectivity index (χ1v) is 8.16. The van der Waals surface area contributed by atoms with Gasteiger partial charge in [-0.3, -0.25) is 4.98 Å². The summed E-state index contributed by atoms with van der Waals surface area (Å²) in [6.07, 6.45) is 3.59. The minimum absolute atomic E-state index is 0.0230. The molecule has 2 rings (SSSR count). The topological polar surface area (TPSA) is 48.0 Å². The SMILES string of the molecule is C=Cc1cc2cc([C@@H](C)N[S+]([O-])C(C)(C)C)ccc2cn1. The van der Waals surface area contributed by atoms with Crippen LogP contribution in [0.2, 0.25) is 0 Å². The van der Waals surface area contributed by atoms with Gasteiger partial charge in [0.05, 0.1) is 11.7 Å². The Morgan fingerprint density at radius 1 is 1.29 bits per heavy atom. The molecular formula is C17H22N2OS. The predicted molar refractivity (Wildman–Crippen MR) is 91.3 cm³/mol. The third-order valence-electron chi connectivity index (χ3n) is 3.32. The normalized spacial score (nSPS) is 14.9. The van der Waals surface area contributed by atoms with Gasteiger partial charge in [0.25, 0.3) is 0 Å². The van der Waals surface area contributed by atoms with Crippen molar-refractivity contribution in [3.05, 3.63) is 48.3 Å². The molecule has 1 N–H and O–H groups in total. The Morgan fingerprint density at radius 3 is 2.62 bits per heavy atom. The fraction of sp³-hybridized carbons (Fsp3) is 0.353. The van der Waals surface area contributed by atoms with Gasteiger partial charge < -0.3 is 4.55 Å². The molecule has 0 radical (unpaired) electrons. The third-order valence-corrected chi connectivity index (χ3v) is 5.00. The molecule has 4 heteroatoms. The summed E-state index contributed by atoms with van der Waals surface area (Å²) < 4.78 is 15.1. The average Bonchev–Trinajstić information content (AvgIpc) is 2.44. The number of hydrogen-bond donors (Lipinski definition) is 1. The van der Waals surface area contributed by atoms with Crippen molar-refractivity contribution in [1.82, 2.24) is 9.71 Å². The van der Waals surface area contributed by atoms with Crippen molar-refractivity contribution >= 4 is 28.2 Å². The number of hydrogen-bond acceptors (Lipinski definition) is 3. The number of pyridine rings is 1. The standard InChI is InChI=1S/C17H22N2OS/c1-6-16-10-15-9-13(7-8-14(15)11-18-16)12(2)19-21(20)17(3,4)5/h6-12,19H,1H2,2-5H3/t12-,21?/m1/s1. The largest absolute Gasteiger partial charge is 0.598 e. The van der Waals surface area contributed by atoms with Gasteiger partial charge in [-0.1, -0.05) is 18.7 Å². The first-order chi connectivity index (χ1) is 9.81. The van der Waals surface area contributed by atoms with Gasteiger partial charge >= 0.3 is 0 Å². The van der Waals surface area contributed by atoms with Crippen molar-refractivity contribution in [1.29, 1.82) is 0 Å². The molecular weight excluding hydrogens is 280 g/mol. The monoisotopic (exact) mass is 302 g/mol. The van der Waals surface area contributed by atoms with Gasteiger partial charge in [0.15, 0.2) is 0 Å². The Hall–Kier alpha value is -1.36. The Morgan fingerprint density at radius 2 is 2.00 bits per heavy atom. The van der Waals surface area contributed by atoms with Crippen LogP contribution >= 0.6 is 0 Å². The van der Waals surface area contributed by atoms with Crippen LogP contribution in [0.4, 0.5) is 0 Å². The van der Waals surface area contributed by atoms with Crippen LogP contribution in [0.3, 0.4) is 0 Å². The van der Waals surface area contributed by atoms with Gasteiger partial charge in [0.2, 0.25) is 0 Å². The molecule has 1 aromatic heterocycles. The maximum Gasteiger partial charge on any atom is 0.136 e. The van der Waals surface area contributed by atoms with E-state index >= 15 is 0 Å². The first kappa shape index (κ1) is 16.0. The summed E-state index contributed by atoms with van der Waals surface area (Å²) >= 11 is -1.09. The fourth-order valence-corrected chi connectivity index (χ4v) is 2.77. The molecule has 0 saturated carbocycles. The fourth-order valence-electron chi connectivity index (χ4n) is 1.96. The zero-order valence-electron chi connectivity index (χ0n) is 13.0. The zero-order valence-corrected chi connectivity index (χ0v) is 13.8. The summed E-state index contributed by atoms with van der Waals surface area (Å²) in [6, 6.07) is 8.24. The van der Waals surface area contributed by atoms with Crippen LogP contribution in [0.25, 0.3) is 16.8 Å². The first-order valence-electron chi connectivity index (χ1n) is 7.01. The summed E-state index contributed by atoms with van der Waals surface area (Å²) in [5.41, 5.74) is 1.97. The number of benzene rings is 1. The zero-order chi connectivity index (χ0) is 15.6. The lowest BCUT2D eigenvalue weighted by Crippen LogP contribution is -2.40. The van der Waals surface area contributed by atoms with E-state index in [1.807, 2.05) is 46.0 Å². The minimum Gasteiger partial charge on any atom is -0.598 e.